The summed E-state index contributed by atoms with van der Waals surface area (Å²) in [6.45, 7) is 0.848. The van der Waals surface area contributed by atoms with Gasteiger partial charge in [0.1, 0.15) is 5.82 Å². The van der Waals surface area contributed by atoms with Gasteiger partial charge in [-0.05, 0) is 54.4 Å². The highest BCUT2D eigenvalue weighted by molar-refractivity contribution is 5.75. The fraction of sp³-hybridized carbons (Fsp3) is 0.409. The van der Waals surface area contributed by atoms with Crippen molar-refractivity contribution in [3.63, 3.8) is 0 Å². The quantitative estimate of drug-likeness (QED) is 0.597. The Labute approximate surface area is 186 Å². The molecule has 1 aliphatic rings. The summed E-state index contributed by atoms with van der Waals surface area (Å²) < 4.78 is 92.2. The van der Waals surface area contributed by atoms with Crippen molar-refractivity contribution in [2.24, 2.45) is 0 Å². The zero-order chi connectivity index (χ0) is 24.4. The molecule has 2 amide bonds. The molecule has 180 valence electrons. The second-order valence-corrected chi connectivity index (χ2v) is 7.87. The molecule has 0 aromatic heterocycles. The fourth-order valence-electron chi connectivity index (χ4n) is 3.76. The molecule has 0 saturated carbocycles. The van der Waals surface area contributed by atoms with Crippen molar-refractivity contribution in [3.8, 4) is 0 Å². The zero-order valence-corrected chi connectivity index (χ0v) is 17.6. The number of carbonyl (C=O) groups is 1. The predicted octanol–water partition coefficient (Wildman–Crippen LogP) is 5.45. The molecule has 11 heteroatoms. The first-order chi connectivity index (χ1) is 15.4. The van der Waals surface area contributed by atoms with Crippen LogP contribution in [0.2, 0.25) is 0 Å². The second-order valence-electron chi connectivity index (χ2n) is 7.87. The monoisotopic (exact) mass is 477 g/mol. The van der Waals surface area contributed by atoms with E-state index in [9.17, 15) is 35.5 Å². The summed E-state index contributed by atoms with van der Waals surface area (Å²) in [5, 5.41) is 3.18. The minimum Gasteiger partial charge on any atom is -0.323 e. The molecule has 1 saturated heterocycles. The molecule has 0 bridgehead atoms. The van der Waals surface area contributed by atoms with Crippen LogP contribution in [-0.4, -0.2) is 42.5 Å². The highest BCUT2D eigenvalue weighted by Gasteiger charge is 2.37. The molecule has 1 N–H and O–H groups in total. The molecule has 0 unspecified atom stereocenters. The van der Waals surface area contributed by atoms with Gasteiger partial charge in [0.15, 0.2) is 0 Å². The number of alkyl halides is 6. The van der Waals surface area contributed by atoms with Gasteiger partial charge >= 0.3 is 18.4 Å². The Morgan fingerprint density at radius 2 is 1.61 bits per heavy atom. The second kappa shape index (κ2) is 9.58. The standard InChI is InChI=1S/C22H22F7N3O/c1-31(13-14-9-16(21(24,25)26)11-17(10-14)22(27,28)29)20(33)32-8-2-7-30-12-19(32)15-3-5-18(23)6-4-15/h3-6,9-11,19,30H,2,7-8,12-13H2,1H3/t19-/m1/s1. The number of carbonyl (C=O) groups excluding carboxylic acids is 1. The molecule has 33 heavy (non-hydrogen) atoms. The molecule has 1 atom stereocenters. The van der Waals surface area contributed by atoms with E-state index in [4.69, 9.17) is 0 Å². The van der Waals surface area contributed by atoms with Crippen LogP contribution in [0.15, 0.2) is 42.5 Å². The van der Waals surface area contributed by atoms with Crippen LogP contribution in [0, 0.1) is 5.82 Å². The van der Waals surface area contributed by atoms with Gasteiger partial charge in [0.05, 0.1) is 17.2 Å². The van der Waals surface area contributed by atoms with Crippen LogP contribution >= 0.6 is 0 Å². The van der Waals surface area contributed by atoms with Gasteiger partial charge in [-0.1, -0.05) is 12.1 Å². The smallest absolute Gasteiger partial charge is 0.323 e. The number of benzene rings is 2. The van der Waals surface area contributed by atoms with Gasteiger partial charge in [-0.25, -0.2) is 9.18 Å². The summed E-state index contributed by atoms with van der Waals surface area (Å²) in [4.78, 5) is 15.7. The third-order valence-electron chi connectivity index (χ3n) is 5.36. The van der Waals surface area contributed by atoms with E-state index in [-0.39, 0.29) is 11.6 Å². The molecular weight excluding hydrogens is 455 g/mol. The van der Waals surface area contributed by atoms with Gasteiger partial charge in [0.25, 0.3) is 0 Å². The third kappa shape index (κ3) is 6.16. The zero-order valence-electron chi connectivity index (χ0n) is 17.6. The molecule has 2 aromatic carbocycles. The number of nitrogens with zero attached hydrogens (tertiary/aromatic N) is 2. The fourth-order valence-corrected chi connectivity index (χ4v) is 3.76. The lowest BCUT2D eigenvalue weighted by atomic mass is 10.0. The average molecular weight is 477 g/mol. The summed E-state index contributed by atoms with van der Waals surface area (Å²) in [6.07, 6.45) is -9.34. The van der Waals surface area contributed by atoms with Crippen molar-refractivity contribution in [3.05, 3.63) is 70.5 Å². The largest absolute Gasteiger partial charge is 0.416 e. The minimum absolute atomic E-state index is 0.0519. The van der Waals surface area contributed by atoms with Crippen LogP contribution in [0.4, 0.5) is 35.5 Å². The first-order valence-corrected chi connectivity index (χ1v) is 10.1. The number of nitrogens with one attached hydrogen (secondary N) is 1. The Hall–Kier alpha value is -2.82. The Kier molecular flexibility index (Phi) is 7.20. The van der Waals surface area contributed by atoms with E-state index in [0.29, 0.717) is 43.8 Å². The van der Waals surface area contributed by atoms with Gasteiger partial charge in [0.2, 0.25) is 0 Å². The Morgan fingerprint density at radius 1 is 1.03 bits per heavy atom. The Balaban J connectivity index is 1.87. The topological polar surface area (TPSA) is 35.6 Å². The van der Waals surface area contributed by atoms with Crippen LogP contribution in [-0.2, 0) is 18.9 Å². The summed E-state index contributed by atoms with van der Waals surface area (Å²) >= 11 is 0. The van der Waals surface area contributed by atoms with Crippen molar-refractivity contribution in [1.82, 2.24) is 15.1 Å². The number of urea groups is 1. The van der Waals surface area contributed by atoms with E-state index in [2.05, 4.69) is 5.32 Å². The van der Waals surface area contributed by atoms with E-state index >= 15 is 0 Å². The first-order valence-electron chi connectivity index (χ1n) is 10.1. The Bertz CT molecular complexity index is 941. The molecular formula is C22H22F7N3O. The van der Waals surface area contributed by atoms with Crippen molar-refractivity contribution in [2.45, 2.75) is 31.4 Å². The number of hydrogen-bond acceptors (Lipinski definition) is 2. The van der Waals surface area contributed by atoms with Gasteiger partial charge in [-0.2, -0.15) is 26.3 Å². The average Bonchev–Trinajstić information content (AvgIpc) is 2.98. The molecule has 0 spiro atoms. The third-order valence-corrected chi connectivity index (χ3v) is 5.36. The van der Waals surface area contributed by atoms with Crippen molar-refractivity contribution in [1.29, 1.82) is 0 Å². The van der Waals surface area contributed by atoms with E-state index in [1.807, 2.05) is 0 Å². The van der Waals surface area contributed by atoms with Gasteiger partial charge in [0, 0.05) is 26.7 Å². The lowest BCUT2D eigenvalue weighted by molar-refractivity contribution is -0.143. The maximum atomic E-state index is 13.3. The van der Waals surface area contributed by atoms with Crippen LogP contribution < -0.4 is 5.32 Å². The van der Waals surface area contributed by atoms with Crippen molar-refractivity contribution < 1.29 is 35.5 Å². The van der Waals surface area contributed by atoms with Crippen LogP contribution in [0.3, 0.4) is 0 Å². The lowest BCUT2D eigenvalue weighted by Crippen LogP contribution is -2.44. The van der Waals surface area contributed by atoms with Crippen LogP contribution in [0.25, 0.3) is 0 Å². The molecule has 3 rings (SSSR count). The van der Waals surface area contributed by atoms with E-state index in [1.165, 1.54) is 36.2 Å². The molecule has 1 heterocycles. The van der Waals surface area contributed by atoms with Gasteiger partial charge in [-0.15, -0.1) is 0 Å². The minimum atomic E-state index is -4.97. The Morgan fingerprint density at radius 3 is 2.15 bits per heavy atom. The molecule has 0 aliphatic carbocycles. The van der Waals surface area contributed by atoms with Gasteiger partial charge in [-0.3, -0.25) is 0 Å². The van der Waals surface area contributed by atoms with Crippen LogP contribution in [0.1, 0.15) is 34.7 Å². The van der Waals surface area contributed by atoms with Crippen LogP contribution in [0.5, 0.6) is 0 Å². The molecule has 0 radical (unpaired) electrons. The van der Waals surface area contributed by atoms with E-state index in [0.717, 1.165) is 4.90 Å². The maximum absolute atomic E-state index is 13.3. The summed E-state index contributed by atoms with van der Waals surface area (Å²) in [6, 6.07) is 5.83. The van der Waals surface area contributed by atoms with E-state index < -0.39 is 47.9 Å². The van der Waals surface area contributed by atoms with E-state index in [1.54, 1.807) is 0 Å². The number of rotatable bonds is 3. The lowest BCUT2D eigenvalue weighted by Gasteiger charge is -2.34. The van der Waals surface area contributed by atoms with Crippen molar-refractivity contribution >= 4 is 6.03 Å². The molecule has 1 aliphatic heterocycles. The highest BCUT2D eigenvalue weighted by atomic mass is 19.4. The SMILES string of the molecule is CN(Cc1cc(C(F)(F)F)cc(C(F)(F)F)c1)C(=O)N1CCCNC[C@@H]1c1ccc(F)cc1. The summed E-state index contributed by atoms with van der Waals surface area (Å²) in [5.74, 6) is -0.444. The number of hydrogen-bond donors (Lipinski definition) is 1. The summed E-state index contributed by atoms with van der Waals surface area (Å²) in [5.41, 5.74) is -2.50. The number of amides is 2. The summed E-state index contributed by atoms with van der Waals surface area (Å²) in [7, 11) is 1.32. The predicted molar refractivity (Wildman–Crippen MR) is 107 cm³/mol. The first kappa shape index (κ1) is 24.8. The maximum Gasteiger partial charge on any atom is 0.416 e. The van der Waals surface area contributed by atoms with Crippen molar-refractivity contribution in [2.75, 3.05) is 26.7 Å². The number of halogens is 7. The normalized spacial score (nSPS) is 17.6. The molecule has 1 fully saturated rings. The highest BCUT2D eigenvalue weighted by Crippen LogP contribution is 2.36. The molecule has 4 nitrogen and oxygen atoms in total. The molecule has 2 aromatic rings. The van der Waals surface area contributed by atoms with Gasteiger partial charge < -0.3 is 15.1 Å².